The van der Waals surface area contributed by atoms with E-state index in [9.17, 15) is 9.59 Å². The van der Waals surface area contributed by atoms with Gasteiger partial charge in [-0.25, -0.2) is 0 Å². The van der Waals surface area contributed by atoms with Gasteiger partial charge in [0, 0.05) is 37.1 Å². The molecule has 2 amide bonds. The highest BCUT2D eigenvalue weighted by Crippen LogP contribution is 2.53. The number of hydrogen-bond acceptors (Lipinski definition) is 4. The Bertz CT molecular complexity index is 752. The van der Waals surface area contributed by atoms with Crippen LogP contribution in [0.2, 0.25) is 0 Å². The van der Waals surface area contributed by atoms with E-state index in [0.717, 1.165) is 32.0 Å². The number of fused-ring (bicyclic) bond motifs is 6. The van der Waals surface area contributed by atoms with Gasteiger partial charge in [0.25, 0.3) is 0 Å². The molecule has 0 spiro atoms. The van der Waals surface area contributed by atoms with Crippen molar-refractivity contribution >= 4 is 41.8 Å². The molecule has 8 heteroatoms. The van der Waals surface area contributed by atoms with Crippen LogP contribution in [0.25, 0.3) is 0 Å². The van der Waals surface area contributed by atoms with Crippen LogP contribution in [0.15, 0.2) is 17.1 Å². The van der Waals surface area contributed by atoms with Crippen LogP contribution in [0, 0.1) is 35.0 Å². The number of carbonyl (C=O) groups excluding carboxylic acids is 2. The summed E-state index contributed by atoms with van der Waals surface area (Å²) in [5.74, 6) is 1.58. The number of nitrogens with zero attached hydrogens (tertiary/aromatic N) is 2. The molecule has 2 saturated carbocycles. The number of allylic oxidation sites excluding steroid dienone is 2. The number of imide groups is 1. The zero-order chi connectivity index (χ0) is 20.3. The van der Waals surface area contributed by atoms with Gasteiger partial charge in [0.2, 0.25) is 11.8 Å². The van der Waals surface area contributed by atoms with Crippen LogP contribution in [0.3, 0.4) is 0 Å². The van der Waals surface area contributed by atoms with Gasteiger partial charge in [0.05, 0.1) is 24.5 Å². The number of guanidine groups is 1. The molecule has 5 rings (SSSR count). The Morgan fingerprint density at radius 1 is 1.23 bits per heavy atom. The van der Waals surface area contributed by atoms with Gasteiger partial charge in [-0.3, -0.25) is 19.5 Å². The molecule has 5 aliphatic rings. The maximum atomic E-state index is 12.8. The Labute approximate surface area is 195 Å². The molecule has 2 bridgehead atoms. The highest BCUT2D eigenvalue weighted by molar-refractivity contribution is 14.0. The first-order chi connectivity index (χ1) is 13.9. The smallest absolute Gasteiger partial charge is 0.233 e. The maximum absolute atomic E-state index is 12.8. The lowest BCUT2D eigenvalue weighted by Crippen LogP contribution is -2.68. The van der Waals surface area contributed by atoms with Crippen LogP contribution < -0.4 is 10.6 Å². The Hall–Kier alpha value is -1.16. The average Bonchev–Trinajstić information content (AvgIpc) is 3.45. The van der Waals surface area contributed by atoms with Gasteiger partial charge in [0.1, 0.15) is 0 Å². The number of ether oxygens (including phenoxy) is 1. The topological polar surface area (TPSA) is 83.0 Å². The summed E-state index contributed by atoms with van der Waals surface area (Å²) in [5, 5.41) is 6.90. The standard InChI is InChI=1S/C22H32N4O3.HI/c1-4-23-21(25-17-14-7-10-29-18(14)22(17,2)3)24-8-9-26-19(27)15-12-5-6-13(11-12)16(15)20(26)28;/h5-6,12-18H,4,7-11H2,1-3H3,(H2,23,24,25);1H. The molecule has 2 N–H and O–H groups in total. The minimum atomic E-state index is -0.122. The lowest BCUT2D eigenvalue weighted by atomic mass is 9.57. The molecule has 166 valence electrons. The van der Waals surface area contributed by atoms with Gasteiger partial charge in [-0.05, 0) is 31.6 Å². The zero-order valence-electron chi connectivity index (χ0n) is 18.0. The summed E-state index contributed by atoms with van der Waals surface area (Å²) >= 11 is 0. The largest absolute Gasteiger partial charge is 0.377 e. The molecular formula is C22H33IN4O3. The molecule has 7 unspecified atom stereocenters. The van der Waals surface area contributed by atoms with Crippen molar-refractivity contribution in [2.24, 2.45) is 40.0 Å². The molecule has 2 aliphatic heterocycles. The molecule has 4 fully saturated rings. The Morgan fingerprint density at radius 3 is 2.53 bits per heavy atom. The minimum absolute atomic E-state index is 0. The summed E-state index contributed by atoms with van der Waals surface area (Å²) in [6.07, 6.45) is 6.64. The molecular weight excluding hydrogens is 495 g/mol. The zero-order valence-corrected chi connectivity index (χ0v) is 20.3. The predicted octanol–water partition coefficient (Wildman–Crippen LogP) is 1.78. The molecule has 2 heterocycles. The number of halogens is 1. The van der Waals surface area contributed by atoms with Crippen molar-refractivity contribution in [2.45, 2.75) is 45.8 Å². The lowest BCUT2D eigenvalue weighted by Gasteiger charge is -2.54. The molecule has 0 radical (unpaired) electrons. The number of aliphatic imine (C=N–C) groups is 1. The van der Waals surface area contributed by atoms with Crippen molar-refractivity contribution in [3.63, 3.8) is 0 Å². The number of likely N-dealkylation sites (tertiary alicyclic amines) is 1. The van der Waals surface area contributed by atoms with Gasteiger partial charge in [-0.2, -0.15) is 0 Å². The van der Waals surface area contributed by atoms with E-state index in [2.05, 4.69) is 41.6 Å². The van der Waals surface area contributed by atoms with E-state index in [4.69, 9.17) is 4.74 Å². The Morgan fingerprint density at radius 2 is 1.90 bits per heavy atom. The van der Waals surface area contributed by atoms with Gasteiger partial charge in [-0.15, -0.1) is 24.0 Å². The van der Waals surface area contributed by atoms with Crippen LogP contribution in [0.1, 0.15) is 33.6 Å². The molecule has 7 nitrogen and oxygen atoms in total. The summed E-state index contributed by atoms with van der Waals surface area (Å²) in [5.41, 5.74) is 0.0714. The third-order valence-corrected chi connectivity index (χ3v) is 7.89. The molecule has 0 aromatic rings. The van der Waals surface area contributed by atoms with Crippen molar-refractivity contribution in [2.75, 3.05) is 26.2 Å². The molecule has 2 saturated heterocycles. The summed E-state index contributed by atoms with van der Waals surface area (Å²) in [6, 6.07) is 0.323. The van der Waals surface area contributed by atoms with E-state index < -0.39 is 0 Å². The second-order valence-corrected chi connectivity index (χ2v) is 9.78. The predicted molar refractivity (Wildman–Crippen MR) is 124 cm³/mol. The van der Waals surface area contributed by atoms with Crippen LogP contribution >= 0.6 is 24.0 Å². The van der Waals surface area contributed by atoms with Crippen LogP contribution in [-0.2, 0) is 14.3 Å². The van der Waals surface area contributed by atoms with Gasteiger partial charge < -0.3 is 15.4 Å². The summed E-state index contributed by atoms with van der Waals surface area (Å²) in [7, 11) is 0. The second-order valence-electron chi connectivity index (χ2n) is 9.78. The third-order valence-electron chi connectivity index (χ3n) is 7.89. The van der Waals surface area contributed by atoms with Crippen molar-refractivity contribution < 1.29 is 14.3 Å². The maximum Gasteiger partial charge on any atom is 0.233 e. The van der Waals surface area contributed by atoms with E-state index in [1.54, 1.807) is 0 Å². The van der Waals surface area contributed by atoms with E-state index >= 15 is 0 Å². The van der Waals surface area contributed by atoms with Crippen LogP contribution in [0.5, 0.6) is 0 Å². The van der Waals surface area contributed by atoms with Gasteiger partial charge >= 0.3 is 0 Å². The Kier molecular flexibility index (Phi) is 5.93. The van der Waals surface area contributed by atoms with Crippen molar-refractivity contribution in [1.29, 1.82) is 0 Å². The summed E-state index contributed by atoms with van der Waals surface area (Å²) < 4.78 is 5.88. The quantitative estimate of drug-likeness (QED) is 0.187. The first-order valence-corrected chi connectivity index (χ1v) is 11.1. The van der Waals surface area contributed by atoms with Crippen molar-refractivity contribution in [1.82, 2.24) is 15.5 Å². The van der Waals surface area contributed by atoms with E-state index in [1.807, 2.05) is 6.92 Å². The summed E-state index contributed by atoms with van der Waals surface area (Å²) in [6.45, 7) is 8.92. The number of rotatable bonds is 5. The molecule has 7 atom stereocenters. The molecule has 30 heavy (non-hydrogen) atoms. The fourth-order valence-electron chi connectivity index (χ4n) is 6.53. The number of nitrogens with one attached hydrogen (secondary N) is 2. The SMILES string of the molecule is CCNC(=NCCN1C(=O)C2C3C=CC(C3)C2C1=O)NC1C2CCOC2C1(C)C.I. The molecule has 0 aromatic carbocycles. The van der Waals surface area contributed by atoms with E-state index in [-0.39, 0.29) is 64.9 Å². The third kappa shape index (κ3) is 3.20. The van der Waals surface area contributed by atoms with Gasteiger partial charge in [0.15, 0.2) is 5.96 Å². The fraction of sp³-hybridized carbons (Fsp3) is 0.773. The number of amides is 2. The molecule has 0 aromatic heterocycles. The van der Waals surface area contributed by atoms with Gasteiger partial charge in [-0.1, -0.05) is 26.0 Å². The Balaban J connectivity index is 0.00000218. The van der Waals surface area contributed by atoms with Crippen molar-refractivity contribution in [3.8, 4) is 0 Å². The van der Waals surface area contributed by atoms with Crippen molar-refractivity contribution in [3.05, 3.63) is 12.2 Å². The van der Waals surface area contributed by atoms with Crippen LogP contribution in [0.4, 0.5) is 0 Å². The second kappa shape index (κ2) is 8.07. The molecule has 3 aliphatic carbocycles. The lowest BCUT2D eigenvalue weighted by molar-refractivity contribution is -0.140. The summed E-state index contributed by atoms with van der Waals surface area (Å²) in [4.78, 5) is 31.8. The number of carbonyl (C=O) groups is 2. The fourth-order valence-corrected chi connectivity index (χ4v) is 6.53. The minimum Gasteiger partial charge on any atom is -0.377 e. The highest BCUT2D eigenvalue weighted by Gasteiger charge is 2.60. The van der Waals surface area contributed by atoms with E-state index in [0.29, 0.717) is 31.2 Å². The monoisotopic (exact) mass is 528 g/mol. The average molecular weight is 528 g/mol. The van der Waals surface area contributed by atoms with E-state index in [1.165, 1.54) is 4.90 Å². The highest BCUT2D eigenvalue weighted by atomic mass is 127. The first kappa shape index (κ1) is 22.0. The first-order valence-electron chi connectivity index (χ1n) is 11.1. The normalized spacial score (nSPS) is 40.2. The number of hydrogen-bond donors (Lipinski definition) is 2. The van der Waals surface area contributed by atoms with Crippen LogP contribution in [-0.4, -0.2) is 61.1 Å².